The third-order valence-electron chi connectivity index (χ3n) is 2.80. The maximum Gasteiger partial charge on any atom is 0.144 e. The largest absolute Gasteiger partial charge is 0.393 e. The first-order valence-electron chi connectivity index (χ1n) is 5.43. The molecule has 2 N–H and O–H groups in total. The molecular weight excluding hydrogens is 322 g/mol. The monoisotopic (exact) mass is 336 g/mol. The lowest BCUT2D eigenvalue weighted by molar-refractivity contribution is 0.247. The standard InChI is InChI=1S/C12H15BrF2N2S/c1-7(5-11(16)18)17(2)6-8-10(14)4-3-9(13)12(8)15/h3-4,7H,5-6H2,1-2H3,(H2,16,18). The molecule has 1 atom stereocenters. The van der Waals surface area contributed by atoms with Gasteiger partial charge in [-0.3, -0.25) is 4.90 Å². The van der Waals surface area contributed by atoms with E-state index in [1.165, 1.54) is 12.1 Å². The Kier molecular flexibility index (Phi) is 5.62. The molecule has 0 aliphatic heterocycles. The van der Waals surface area contributed by atoms with Gasteiger partial charge >= 0.3 is 0 Å². The van der Waals surface area contributed by atoms with Crippen LogP contribution in [0, 0.1) is 11.6 Å². The maximum absolute atomic E-state index is 13.8. The lowest BCUT2D eigenvalue weighted by atomic mass is 10.1. The number of rotatable bonds is 5. The molecule has 0 radical (unpaired) electrons. The highest BCUT2D eigenvalue weighted by Crippen LogP contribution is 2.23. The van der Waals surface area contributed by atoms with Crippen LogP contribution in [0.4, 0.5) is 8.78 Å². The summed E-state index contributed by atoms with van der Waals surface area (Å²) >= 11 is 7.87. The van der Waals surface area contributed by atoms with E-state index in [2.05, 4.69) is 15.9 Å². The molecule has 0 heterocycles. The van der Waals surface area contributed by atoms with Crippen LogP contribution < -0.4 is 5.73 Å². The first kappa shape index (κ1) is 15.5. The molecule has 0 amide bonds. The zero-order chi connectivity index (χ0) is 13.9. The molecule has 6 heteroatoms. The van der Waals surface area contributed by atoms with Gasteiger partial charge in [-0.25, -0.2) is 8.78 Å². The van der Waals surface area contributed by atoms with Gasteiger partial charge in [0.2, 0.25) is 0 Å². The Bertz CT molecular complexity index is 454. The second kappa shape index (κ2) is 6.54. The van der Waals surface area contributed by atoms with E-state index in [4.69, 9.17) is 18.0 Å². The fourth-order valence-electron chi connectivity index (χ4n) is 1.57. The number of nitrogens with zero attached hydrogens (tertiary/aromatic N) is 1. The molecular formula is C12H15BrF2N2S. The van der Waals surface area contributed by atoms with Gasteiger partial charge in [-0.1, -0.05) is 12.2 Å². The lowest BCUT2D eigenvalue weighted by Gasteiger charge is -2.24. The number of nitrogens with two attached hydrogens (primary N) is 1. The van der Waals surface area contributed by atoms with Gasteiger partial charge < -0.3 is 5.73 Å². The van der Waals surface area contributed by atoms with Gasteiger partial charge in [-0.2, -0.15) is 0 Å². The molecule has 2 nitrogen and oxygen atoms in total. The summed E-state index contributed by atoms with van der Waals surface area (Å²) in [7, 11) is 1.78. The van der Waals surface area contributed by atoms with Crippen molar-refractivity contribution in [3.05, 3.63) is 33.8 Å². The van der Waals surface area contributed by atoms with Gasteiger partial charge in [-0.05, 0) is 42.0 Å². The molecule has 1 aromatic rings. The quantitative estimate of drug-likeness (QED) is 0.661. The molecule has 100 valence electrons. The summed E-state index contributed by atoms with van der Waals surface area (Å²) in [4.78, 5) is 2.21. The van der Waals surface area contributed by atoms with Crippen molar-refractivity contribution in [3.63, 3.8) is 0 Å². The highest BCUT2D eigenvalue weighted by atomic mass is 79.9. The average molecular weight is 337 g/mol. The van der Waals surface area contributed by atoms with Gasteiger partial charge in [0.1, 0.15) is 11.6 Å². The van der Waals surface area contributed by atoms with Crippen molar-refractivity contribution in [2.75, 3.05) is 7.05 Å². The molecule has 1 unspecified atom stereocenters. The Morgan fingerprint density at radius 2 is 2.11 bits per heavy atom. The van der Waals surface area contributed by atoms with Gasteiger partial charge in [0.25, 0.3) is 0 Å². The van der Waals surface area contributed by atoms with E-state index < -0.39 is 11.6 Å². The fraction of sp³-hybridized carbons (Fsp3) is 0.417. The van der Waals surface area contributed by atoms with E-state index >= 15 is 0 Å². The van der Waals surface area contributed by atoms with Crippen molar-refractivity contribution >= 4 is 33.1 Å². The highest BCUT2D eigenvalue weighted by Gasteiger charge is 2.17. The van der Waals surface area contributed by atoms with E-state index in [1.807, 2.05) is 11.8 Å². The zero-order valence-corrected chi connectivity index (χ0v) is 12.6. The molecule has 1 aromatic carbocycles. The smallest absolute Gasteiger partial charge is 0.144 e. The van der Waals surface area contributed by atoms with Crippen molar-refractivity contribution in [3.8, 4) is 0 Å². The summed E-state index contributed by atoms with van der Waals surface area (Å²) in [5.41, 5.74) is 5.50. The topological polar surface area (TPSA) is 29.3 Å². The molecule has 0 spiro atoms. The highest BCUT2D eigenvalue weighted by molar-refractivity contribution is 9.10. The number of halogens is 3. The predicted octanol–water partition coefficient (Wildman–Crippen LogP) is 3.22. The predicted molar refractivity (Wildman–Crippen MR) is 76.4 cm³/mol. The Morgan fingerprint density at radius 1 is 1.50 bits per heavy atom. The maximum atomic E-state index is 13.8. The van der Waals surface area contributed by atoms with Crippen LogP contribution in [0.1, 0.15) is 18.9 Å². The second-order valence-corrected chi connectivity index (χ2v) is 5.64. The zero-order valence-electron chi connectivity index (χ0n) is 10.2. The SMILES string of the molecule is CC(CC(N)=S)N(C)Cc1c(F)ccc(Br)c1F. The van der Waals surface area contributed by atoms with Crippen molar-refractivity contribution in [2.24, 2.45) is 5.73 Å². The van der Waals surface area contributed by atoms with Crippen molar-refractivity contribution < 1.29 is 8.78 Å². The molecule has 0 saturated heterocycles. The molecule has 0 aliphatic carbocycles. The number of hydrogen-bond donors (Lipinski definition) is 1. The van der Waals surface area contributed by atoms with E-state index in [0.717, 1.165) is 0 Å². The normalized spacial score (nSPS) is 12.8. The summed E-state index contributed by atoms with van der Waals surface area (Å²) in [5, 5.41) is 0. The van der Waals surface area contributed by atoms with Crippen molar-refractivity contribution in [2.45, 2.75) is 25.9 Å². The van der Waals surface area contributed by atoms with Crippen LogP contribution in [0.5, 0.6) is 0 Å². The van der Waals surface area contributed by atoms with Crippen LogP contribution in [-0.4, -0.2) is 23.0 Å². The van der Waals surface area contributed by atoms with Gasteiger partial charge in [0.05, 0.1) is 9.46 Å². The Labute approximate surface area is 119 Å². The summed E-state index contributed by atoms with van der Waals surface area (Å²) < 4.78 is 27.6. The fourth-order valence-corrected chi connectivity index (χ4v) is 2.18. The van der Waals surface area contributed by atoms with Crippen LogP contribution in [0.25, 0.3) is 0 Å². The molecule has 18 heavy (non-hydrogen) atoms. The minimum atomic E-state index is -0.565. The molecule has 0 fully saturated rings. The summed E-state index contributed by atoms with van der Waals surface area (Å²) in [6.45, 7) is 2.08. The third kappa shape index (κ3) is 3.96. The number of thiocarbonyl (C=S) groups is 1. The number of hydrogen-bond acceptors (Lipinski definition) is 2. The third-order valence-corrected chi connectivity index (χ3v) is 3.57. The van der Waals surface area contributed by atoms with Gasteiger partial charge in [0.15, 0.2) is 0 Å². The molecule has 1 rings (SSSR count). The van der Waals surface area contributed by atoms with E-state index in [0.29, 0.717) is 11.4 Å². The van der Waals surface area contributed by atoms with Crippen LogP contribution in [0.2, 0.25) is 0 Å². The van der Waals surface area contributed by atoms with Gasteiger partial charge in [-0.15, -0.1) is 0 Å². The first-order valence-corrected chi connectivity index (χ1v) is 6.64. The number of benzene rings is 1. The van der Waals surface area contributed by atoms with Crippen LogP contribution in [0.3, 0.4) is 0 Å². The van der Waals surface area contributed by atoms with Gasteiger partial charge in [0, 0.05) is 24.6 Å². The van der Waals surface area contributed by atoms with Crippen LogP contribution >= 0.6 is 28.1 Å². The Balaban J connectivity index is 2.84. The summed E-state index contributed by atoms with van der Waals surface area (Å²) in [5.74, 6) is -1.12. The minimum Gasteiger partial charge on any atom is -0.393 e. The lowest BCUT2D eigenvalue weighted by Crippen LogP contribution is -2.32. The molecule has 0 bridgehead atoms. The second-order valence-electron chi connectivity index (χ2n) is 4.26. The van der Waals surface area contributed by atoms with Crippen molar-refractivity contribution in [1.29, 1.82) is 0 Å². The first-order chi connectivity index (χ1) is 8.32. The Hall–Kier alpha value is -0.590. The average Bonchev–Trinajstić information content (AvgIpc) is 2.28. The van der Waals surface area contributed by atoms with E-state index in [9.17, 15) is 8.78 Å². The van der Waals surface area contributed by atoms with Crippen LogP contribution in [-0.2, 0) is 6.54 Å². The van der Waals surface area contributed by atoms with E-state index in [-0.39, 0.29) is 22.6 Å². The minimum absolute atomic E-state index is 0.0280. The molecule has 0 aromatic heterocycles. The van der Waals surface area contributed by atoms with Crippen molar-refractivity contribution in [1.82, 2.24) is 4.90 Å². The van der Waals surface area contributed by atoms with E-state index in [1.54, 1.807) is 7.05 Å². The van der Waals surface area contributed by atoms with Crippen LogP contribution in [0.15, 0.2) is 16.6 Å². The molecule has 0 saturated carbocycles. The summed E-state index contributed by atoms with van der Waals surface area (Å²) in [6.07, 6.45) is 0.517. The Morgan fingerprint density at radius 3 is 2.67 bits per heavy atom. The summed E-state index contributed by atoms with van der Waals surface area (Å²) in [6, 6.07) is 2.63. The molecule has 0 aliphatic rings.